The summed E-state index contributed by atoms with van der Waals surface area (Å²) in [5, 5.41) is 0. The zero-order chi connectivity index (χ0) is 18.8. The van der Waals surface area contributed by atoms with E-state index in [9.17, 15) is 9.59 Å². The van der Waals surface area contributed by atoms with Gasteiger partial charge in [0.15, 0.2) is 0 Å². The summed E-state index contributed by atoms with van der Waals surface area (Å²) in [7, 11) is 5.34. The van der Waals surface area contributed by atoms with Crippen molar-refractivity contribution < 1.29 is 14.3 Å². The lowest BCUT2D eigenvalue weighted by molar-refractivity contribution is -0.107. The number of methoxy groups -OCH3 is 1. The van der Waals surface area contributed by atoms with Crippen molar-refractivity contribution in [3.8, 4) is 11.8 Å². The molecule has 5 nitrogen and oxygen atoms in total. The number of nitrogens with two attached hydrogens (primary N) is 1. The average molecular weight is 353 g/mol. The molecule has 0 spiro atoms. The number of hydrogen-bond donors (Lipinski definition) is 1. The predicted octanol–water partition coefficient (Wildman–Crippen LogP) is 3.04. The first kappa shape index (κ1) is 22.2. The minimum Gasteiger partial charge on any atom is -0.465 e. The molecule has 1 rings (SSSR count). The van der Waals surface area contributed by atoms with Gasteiger partial charge in [0.1, 0.15) is 11.2 Å². The summed E-state index contributed by atoms with van der Waals surface area (Å²) < 4.78 is 4.62. The lowest BCUT2D eigenvalue weighted by atomic mass is 9.98. The van der Waals surface area contributed by atoms with E-state index in [4.69, 9.17) is 5.73 Å². The molecule has 6 heteroatoms. The minimum atomic E-state index is -0.411. The van der Waals surface area contributed by atoms with E-state index >= 15 is 0 Å². The molecule has 0 fully saturated rings. The van der Waals surface area contributed by atoms with E-state index < -0.39 is 5.97 Å². The molecular formula is C18H28N2O3S. The molecule has 0 aliphatic carbocycles. The molecule has 24 heavy (non-hydrogen) atoms. The third-order valence-electron chi connectivity index (χ3n) is 2.62. The quantitative estimate of drug-likeness (QED) is 0.382. The topological polar surface area (TPSA) is 72.6 Å². The lowest BCUT2D eigenvalue weighted by Gasteiger charge is -2.06. The van der Waals surface area contributed by atoms with Crippen molar-refractivity contribution in [3.05, 3.63) is 15.8 Å². The van der Waals surface area contributed by atoms with Crippen LogP contribution in [0.2, 0.25) is 0 Å². The number of nitrogen functional groups attached to an aromatic ring is 1. The maximum atomic E-state index is 11.3. The van der Waals surface area contributed by atoms with Gasteiger partial charge in [-0.05, 0) is 53.9 Å². The Hall–Kier alpha value is -1.84. The predicted molar refractivity (Wildman–Crippen MR) is 100 cm³/mol. The first-order valence-electron chi connectivity index (χ1n) is 7.70. The molecule has 0 bridgehead atoms. The smallest absolute Gasteiger partial charge is 0.350 e. The van der Waals surface area contributed by atoms with Crippen LogP contribution in [0, 0.1) is 17.3 Å². The Balaban J connectivity index is 0.000000561. The Bertz CT molecular complexity index is 590. The number of anilines is 1. The number of aldehydes is 1. The van der Waals surface area contributed by atoms with Gasteiger partial charge in [0, 0.05) is 11.8 Å². The second kappa shape index (κ2) is 10.8. The maximum Gasteiger partial charge on any atom is 0.350 e. The molecule has 0 radical (unpaired) electrons. The van der Waals surface area contributed by atoms with Gasteiger partial charge in [-0.3, -0.25) is 0 Å². The van der Waals surface area contributed by atoms with Crippen LogP contribution in [0.3, 0.4) is 0 Å². The molecular weight excluding hydrogens is 324 g/mol. The Morgan fingerprint density at radius 2 is 2.04 bits per heavy atom. The van der Waals surface area contributed by atoms with Gasteiger partial charge >= 0.3 is 5.97 Å². The van der Waals surface area contributed by atoms with Gasteiger partial charge < -0.3 is 20.2 Å². The average Bonchev–Trinajstić information content (AvgIpc) is 2.85. The van der Waals surface area contributed by atoms with Crippen LogP contribution in [0.1, 0.15) is 48.2 Å². The van der Waals surface area contributed by atoms with E-state index in [2.05, 4.69) is 21.5 Å². The van der Waals surface area contributed by atoms with Crippen molar-refractivity contribution in [3.63, 3.8) is 0 Å². The highest BCUT2D eigenvalue weighted by Crippen LogP contribution is 2.25. The van der Waals surface area contributed by atoms with Crippen LogP contribution in [0.15, 0.2) is 6.07 Å². The highest BCUT2D eigenvalue weighted by Gasteiger charge is 2.14. The highest BCUT2D eigenvalue weighted by atomic mass is 32.1. The van der Waals surface area contributed by atoms with Gasteiger partial charge in [0.2, 0.25) is 0 Å². The largest absolute Gasteiger partial charge is 0.465 e. The summed E-state index contributed by atoms with van der Waals surface area (Å²) in [5.41, 5.74) is 6.06. The van der Waals surface area contributed by atoms with E-state index in [1.54, 1.807) is 6.07 Å². The summed E-state index contributed by atoms with van der Waals surface area (Å²) in [4.78, 5) is 24.4. The van der Waals surface area contributed by atoms with Crippen LogP contribution in [0.25, 0.3) is 0 Å². The number of ether oxygens (including phenoxy) is 1. The van der Waals surface area contributed by atoms with Crippen molar-refractivity contribution >= 4 is 29.3 Å². The Kier molecular flexibility index (Phi) is 10.0. The summed E-state index contributed by atoms with van der Waals surface area (Å²) in [5.74, 6) is 5.68. The molecule has 0 atom stereocenters. The van der Waals surface area contributed by atoms with Crippen molar-refractivity contribution in [2.24, 2.45) is 5.41 Å². The lowest BCUT2D eigenvalue weighted by Crippen LogP contribution is -2.12. The number of thiophene rings is 1. The number of hydrogen-bond acceptors (Lipinski definition) is 6. The molecule has 1 aromatic heterocycles. The van der Waals surface area contributed by atoms with Crippen LogP contribution in [0.4, 0.5) is 5.69 Å². The van der Waals surface area contributed by atoms with Crippen LogP contribution in [-0.4, -0.2) is 44.9 Å². The fourth-order valence-corrected chi connectivity index (χ4v) is 2.31. The molecule has 0 amide bonds. The summed E-state index contributed by atoms with van der Waals surface area (Å²) >= 11 is 1.26. The Morgan fingerprint density at radius 3 is 2.50 bits per heavy atom. The first-order chi connectivity index (χ1) is 11.1. The summed E-state index contributed by atoms with van der Waals surface area (Å²) in [6.45, 7) is 7.09. The monoisotopic (exact) mass is 352 g/mol. The van der Waals surface area contributed by atoms with Crippen LogP contribution < -0.4 is 5.73 Å². The Morgan fingerprint density at radius 1 is 1.42 bits per heavy atom. The molecule has 0 aliphatic rings. The van der Waals surface area contributed by atoms with E-state index in [0.29, 0.717) is 17.0 Å². The zero-order valence-corrected chi connectivity index (χ0v) is 16.3. The van der Waals surface area contributed by atoms with Crippen molar-refractivity contribution in [2.45, 2.75) is 33.6 Å². The van der Waals surface area contributed by atoms with E-state index in [1.807, 2.05) is 34.9 Å². The van der Waals surface area contributed by atoms with Crippen LogP contribution in [-0.2, 0) is 9.53 Å². The van der Waals surface area contributed by atoms with Gasteiger partial charge in [-0.15, -0.1) is 11.3 Å². The summed E-state index contributed by atoms with van der Waals surface area (Å²) in [6, 6.07) is 1.70. The third-order valence-corrected chi connectivity index (χ3v) is 3.67. The normalized spacial score (nSPS) is 10.3. The second-order valence-corrected chi connectivity index (χ2v) is 7.55. The third kappa shape index (κ3) is 10.0. The Labute approximate surface area is 149 Å². The molecule has 0 saturated carbocycles. The molecule has 0 aliphatic heterocycles. The number of nitrogens with zero attached hydrogens (tertiary/aromatic N) is 1. The van der Waals surface area contributed by atoms with Gasteiger partial charge in [-0.2, -0.15) is 0 Å². The van der Waals surface area contributed by atoms with Crippen molar-refractivity contribution in [1.82, 2.24) is 4.90 Å². The van der Waals surface area contributed by atoms with Gasteiger partial charge in [0.25, 0.3) is 0 Å². The van der Waals surface area contributed by atoms with Crippen molar-refractivity contribution in [2.75, 3.05) is 33.5 Å². The van der Waals surface area contributed by atoms with E-state index in [1.165, 1.54) is 18.4 Å². The minimum absolute atomic E-state index is 0.0653. The second-order valence-electron chi connectivity index (χ2n) is 6.50. The molecule has 1 aromatic rings. The van der Waals surface area contributed by atoms with Gasteiger partial charge in [0.05, 0.1) is 17.7 Å². The molecule has 134 valence electrons. The number of esters is 1. The standard InChI is InChI=1S/C12H15NO2S.C6H13NO/c1-12(2,3)6-5-8-7-9(13)10(16-8)11(14)15-4;1-7(2)5-3-4-6-8/h7H,13H2,1-4H3;6H,3-5H2,1-2H3. The molecule has 0 aromatic carbocycles. The van der Waals surface area contributed by atoms with Crippen molar-refractivity contribution in [1.29, 1.82) is 0 Å². The summed E-state index contributed by atoms with van der Waals surface area (Å²) in [6.07, 6.45) is 2.64. The first-order valence-corrected chi connectivity index (χ1v) is 8.51. The maximum absolute atomic E-state index is 11.3. The number of carbonyl (C=O) groups excluding carboxylic acids is 2. The van der Waals surface area contributed by atoms with Gasteiger partial charge in [-0.25, -0.2) is 4.79 Å². The van der Waals surface area contributed by atoms with Crippen LogP contribution in [0.5, 0.6) is 0 Å². The fourth-order valence-electron chi connectivity index (χ4n) is 1.46. The number of unbranched alkanes of at least 4 members (excludes halogenated alkanes) is 1. The zero-order valence-electron chi connectivity index (χ0n) is 15.4. The molecule has 0 saturated heterocycles. The van der Waals surface area contributed by atoms with Crippen LogP contribution >= 0.6 is 11.3 Å². The molecule has 1 heterocycles. The molecule has 0 unspecified atom stereocenters. The number of rotatable bonds is 5. The van der Waals surface area contributed by atoms with E-state index in [0.717, 1.165) is 24.1 Å². The SMILES string of the molecule is CN(C)CCCC=O.COC(=O)c1sc(C#CC(C)(C)C)cc1N. The van der Waals surface area contributed by atoms with Gasteiger partial charge in [-0.1, -0.05) is 11.8 Å². The van der Waals surface area contributed by atoms with E-state index in [-0.39, 0.29) is 5.41 Å². The highest BCUT2D eigenvalue weighted by molar-refractivity contribution is 7.15. The number of carbonyl (C=O) groups is 2. The molecule has 2 N–H and O–H groups in total. The fraction of sp³-hybridized carbons (Fsp3) is 0.556.